The Morgan fingerprint density at radius 3 is 2.44 bits per heavy atom. The lowest BCUT2D eigenvalue weighted by atomic mass is 10.0. The number of benzene rings is 1. The maximum Gasteiger partial charge on any atom is 0.150 e. The van der Waals surface area contributed by atoms with Crippen LogP contribution in [0.5, 0.6) is 0 Å². The number of aromatic nitrogens is 2. The van der Waals surface area contributed by atoms with Crippen molar-refractivity contribution in [2.75, 3.05) is 11.6 Å². The standard InChI is InChI=1S/C14H20N4/c1-8(2)14-17-12(13(15)18(14)16)11-7-9(3)5-6-10(11)4/h5-8H,15-16H2,1-4H3. The van der Waals surface area contributed by atoms with Gasteiger partial charge in [0.25, 0.3) is 0 Å². The summed E-state index contributed by atoms with van der Waals surface area (Å²) in [5.74, 6) is 7.53. The summed E-state index contributed by atoms with van der Waals surface area (Å²) < 4.78 is 1.49. The van der Waals surface area contributed by atoms with Gasteiger partial charge in [0, 0.05) is 11.5 Å². The summed E-state index contributed by atoms with van der Waals surface area (Å²) >= 11 is 0. The van der Waals surface area contributed by atoms with Crippen LogP contribution < -0.4 is 11.6 Å². The average Bonchev–Trinajstić information content (AvgIpc) is 2.60. The van der Waals surface area contributed by atoms with E-state index in [1.807, 2.05) is 0 Å². The molecule has 4 heteroatoms. The van der Waals surface area contributed by atoms with E-state index in [-0.39, 0.29) is 5.92 Å². The first kappa shape index (κ1) is 12.5. The highest BCUT2D eigenvalue weighted by Gasteiger charge is 2.17. The Kier molecular flexibility index (Phi) is 3.03. The normalized spacial score (nSPS) is 11.2. The highest BCUT2D eigenvalue weighted by molar-refractivity contribution is 5.74. The molecule has 0 bridgehead atoms. The number of imidazole rings is 1. The zero-order chi connectivity index (χ0) is 13.4. The van der Waals surface area contributed by atoms with Crippen molar-refractivity contribution in [2.24, 2.45) is 0 Å². The molecule has 1 aromatic carbocycles. The van der Waals surface area contributed by atoms with Crippen LogP contribution in [0.4, 0.5) is 5.82 Å². The molecule has 0 aliphatic carbocycles. The van der Waals surface area contributed by atoms with Crippen molar-refractivity contribution in [3.63, 3.8) is 0 Å². The molecule has 0 spiro atoms. The molecule has 0 atom stereocenters. The van der Waals surface area contributed by atoms with Crippen molar-refractivity contribution in [3.8, 4) is 11.3 Å². The molecular weight excluding hydrogens is 224 g/mol. The lowest BCUT2D eigenvalue weighted by molar-refractivity contribution is 0.739. The Balaban J connectivity index is 2.64. The topological polar surface area (TPSA) is 69.9 Å². The molecule has 1 heterocycles. The summed E-state index contributed by atoms with van der Waals surface area (Å²) in [6, 6.07) is 6.25. The largest absolute Gasteiger partial charge is 0.382 e. The number of nitrogens with zero attached hydrogens (tertiary/aromatic N) is 2. The number of nitrogens with two attached hydrogens (primary N) is 2. The van der Waals surface area contributed by atoms with Gasteiger partial charge >= 0.3 is 0 Å². The Morgan fingerprint density at radius 1 is 1.22 bits per heavy atom. The third kappa shape index (κ3) is 1.94. The lowest BCUT2D eigenvalue weighted by Gasteiger charge is -2.05. The van der Waals surface area contributed by atoms with Crippen LogP contribution in [0.1, 0.15) is 36.7 Å². The highest BCUT2D eigenvalue weighted by Crippen LogP contribution is 2.30. The first-order valence-corrected chi connectivity index (χ1v) is 6.12. The highest BCUT2D eigenvalue weighted by atomic mass is 15.4. The van der Waals surface area contributed by atoms with Gasteiger partial charge in [-0.25, -0.2) is 9.66 Å². The van der Waals surface area contributed by atoms with Crippen LogP contribution in [0.3, 0.4) is 0 Å². The van der Waals surface area contributed by atoms with Gasteiger partial charge in [-0.3, -0.25) is 0 Å². The van der Waals surface area contributed by atoms with Crippen molar-refractivity contribution < 1.29 is 0 Å². The smallest absolute Gasteiger partial charge is 0.150 e. The van der Waals surface area contributed by atoms with Crippen LogP contribution in [0.15, 0.2) is 18.2 Å². The fourth-order valence-electron chi connectivity index (χ4n) is 2.06. The molecule has 2 aromatic rings. The molecular formula is C14H20N4. The molecule has 0 saturated carbocycles. The zero-order valence-corrected chi connectivity index (χ0v) is 11.4. The van der Waals surface area contributed by atoms with Crippen LogP contribution in [0.25, 0.3) is 11.3 Å². The maximum absolute atomic E-state index is 6.07. The molecule has 0 radical (unpaired) electrons. The molecule has 96 valence electrons. The van der Waals surface area contributed by atoms with Crippen LogP contribution >= 0.6 is 0 Å². The van der Waals surface area contributed by atoms with Gasteiger partial charge < -0.3 is 11.6 Å². The number of hydrogen-bond donors (Lipinski definition) is 2. The number of hydrogen-bond acceptors (Lipinski definition) is 3. The van der Waals surface area contributed by atoms with Crippen LogP contribution in [0.2, 0.25) is 0 Å². The number of rotatable bonds is 2. The van der Waals surface area contributed by atoms with Crippen molar-refractivity contribution in [1.29, 1.82) is 0 Å². The predicted octanol–water partition coefficient (Wildman–Crippen LogP) is 2.59. The minimum Gasteiger partial charge on any atom is -0.382 e. The van der Waals surface area contributed by atoms with Gasteiger partial charge in [-0.15, -0.1) is 0 Å². The molecule has 18 heavy (non-hydrogen) atoms. The number of anilines is 1. The van der Waals surface area contributed by atoms with Gasteiger partial charge in [0.1, 0.15) is 11.5 Å². The number of nitrogen functional groups attached to an aromatic ring is 2. The van der Waals surface area contributed by atoms with Crippen LogP contribution in [-0.2, 0) is 0 Å². The Labute approximate surface area is 108 Å². The van der Waals surface area contributed by atoms with E-state index < -0.39 is 0 Å². The molecule has 4 N–H and O–H groups in total. The minimum atomic E-state index is 0.246. The first-order valence-electron chi connectivity index (χ1n) is 6.12. The molecule has 0 saturated heterocycles. The maximum atomic E-state index is 6.07. The van der Waals surface area contributed by atoms with E-state index >= 15 is 0 Å². The summed E-state index contributed by atoms with van der Waals surface area (Å²) in [5, 5.41) is 0. The summed E-state index contributed by atoms with van der Waals surface area (Å²) in [5.41, 5.74) is 10.2. The summed E-state index contributed by atoms with van der Waals surface area (Å²) in [6.07, 6.45) is 0. The van der Waals surface area contributed by atoms with Gasteiger partial charge in [0.05, 0.1) is 0 Å². The van der Waals surface area contributed by atoms with E-state index in [0.29, 0.717) is 5.82 Å². The summed E-state index contributed by atoms with van der Waals surface area (Å²) in [4.78, 5) is 4.59. The predicted molar refractivity (Wildman–Crippen MR) is 75.8 cm³/mol. The Bertz CT molecular complexity index is 582. The van der Waals surface area contributed by atoms with Crippen molar-refractivity contribution in [2.45, 2.75) is 33.6 Å². The van der Waals surface area contributed by atoms with Crippen molar-refractivity contribution in [3.05, 3.63) is 35.2 Å². The zero-order valence-electron chi connectivity index (χ0n) is 11.4. The fraction of sp³-hybridized carbons (Fsp3) is 0.357. The molecule has 0 aliphatic rings. The second kappa shape index (κ2) is 4.37. The van der Waals surface area contributed by atoms with E-state index in [4.69, 9.17) is 11.6 Å². The molecule has 0 amide bonds. The molecule has 2 rings (SSSR count). The average molecular weight is 244 g/mol. The van der Waals surface area contributed by atoms with Crippen LogP contribution in [0, 0.1) is 13.8 Å². The summed E-state index contributed by atoms with van der Waals surface area (Å²) in [7, 11) is 0. The quantitative estimate of drug-likeness (QED) is 0.798. The molecule has 0 unspecified atom stereocenters. The van der Waals surface area contributed by atoms with Crippen LogP contribution in [-0.4, -0.2) is 9.66 Å². The van der Waals surface area contributed by atoms with Crippen molar-refractivity contribution in [1.82, 2.24) is 9.66 Å². The van der Waals surface area contributed by atoms with Gasteiger partial charge in [0.15, 0.2) is 5.82 Å². The van der Waals surface area contributed by atoms with Gasteiger partial charge in [-0.05, 0) is 25.5 Å². The van der Waals surface area contributed by atoms with Gasteiger partial charge in [-0.2, -0.15) is 0 Å². The number of aryl methyl sites for hydroxylation is 2. The Morgan fingerprint density at radius 2 is 1.89 bits per heavy atom. The molecule has 4 nitrogen and oxygen atoms in total. The van der Waals surface area contributed by atoms with E-state index in [1.165, 1.54) is 10.2 Å². The minimum absolute atomic E-state index is 0.246. The lowest BCUT2D eigenvalue weighted by Crippen LogP contribution is -2.16. The van der Waals surface area contributed by atoms with Gasteiger partial charge in [0.2, 0.25) is 0 Å². The monoisotopic (exact) mass is 244 g/mol. The third-order valence-corrected chi connectivity index (χ3v) is 3.14. The molecule has 0 aliphatic heterocycles. The van der Waals surface area contributed by atoms with Crippen molar-refractivity contribution >= 4 is 5.82 Å². The fourth-order valence-corrected chi connectivity index (χ4v) is 2.06. The summed E-state index contributed by atoms with van der Waals surface area (Å²) in [6.45, 7) is 8.22. The van der Waals surface area contributed by atoms with E-state index in [0.717, 1.165) is 22.6 Å². The first-order chi connectivity index (χ1) is 8.41. The second-order valence-electron chi connectivity index (χ2n) is 5.05. The van der Waals surface area contributed by atoms with E-state index in [9.17, 15) is 0 Å². The third-order valence-electron chi connectivity index (χ3n) is 3.14. The van der Waals surface area contributed by atoms with Gasteiger partial charge in [-0.1, -0.05) is 31.5 Å². The molecule has 1 aromatic heterocycles. The molecule has 0 fully saturated rings. The SMILES string of the molecule is Cc1ccc(C)c(-c2nc(C(C)C)n(N)c2N)c1. The second-order valence-corrected chi connectivity index (χ2v) is 5.05. The Hall–Kier alpha value is -1.97. The van der Waals surface area contributed by atoms with E-state index in [1.54, 1.807) is 0 Å². The van der Waals surface area contributed by atoms with E-state index in [2.05, 4.69) is 50.9 Å².